The minimum absolute atomic E-state index is 0.529. The monoisotopic (exact) mass is 314 g/mol. The van der Waals surface area contributed by atoms with Crippen LogP contribution in [-0.4, -0.2) is 9.97 Å². The van der Waals surface area contributed by atoms with Crippen molar-refractivity contribution in [3.63, 3.8) is 0 Å². The molecule has 0 aliphatic rings. The molecule has 4 nitrogen and oxygen atoms in total. The van der Waals surface area contributed by atoms with Crippen LogP contribution in [0.1, 0.15) is 0 Å². The van der Waals surface area contributed by atoms with Gasteiger partial charge in [0.05, 0.1) is 18.1 Å². The summed E-state index contributed by atoms with van der Waals surface area (Å²) in [5.41, 5.74) is 7.08. The molecule has 0 saturated heterocycles. The number of anilines is 3. The fourth-order valence-electron chi connectivity index (χ4n) is 1.89. The van der Waals surface area contributed by atoms with Crippen molar-refractivity contribution in [1.29, 1.82) is 0 Å². The van der Waals surface area contributed by atoms with Gasteiger partial charge in [0.2, 0.25) is 5.95 Å². The van der Waals surface area contributed by atoms with Gasteiger partial charge in [-0.05, 0) is 17.5 Å². The molecular weight excluding hydrogens is 304 g/mol. The Labute approximate surface area is 118 Å². The Morgan fingerprint density at radius 1 is 0.947 bits per heavy atom. The molecule has 3 rings (SSSR count). The lowest BCUT2D eigenvalue weighted by Crippen LogP contribution is -1.98. The van der Waals surface area contributed by atoms with Gasteiger partial charge in [0.25, 0.3) is 0 Å². The fraction of sp³-hybridized carbons (Fsp3) is 0. The van der Waals surface area contributed by atoms with Crippen LogP contribution < -0.4 is 11.1 Å². The van der Waals surface area contributed by atoms with Crippen molar-refractivity contribution < 1.29 is 0 Å². The molecule has 0 radical (unpaired) electrons. The standard InChI is InChI=1S/C14H11BrN4/c15-12-5-6-13(11-4-2-1-3-10(11)12)19-14-17-7-9(16)8-18-14/h1-8H,16H2,(H,17,18,19). The van der Waals surface area contributed by atoms with Crippen molar-refractivity contribution >= 4 is 44.0 Å². The molecule has 0 aliphatic heterocycles. The molecule has 0 aliphatic carbocycles. The summed E-state index contributed by atoms with van der Waals surface area (Å²) in [5.74, 6) is 0.529. The predicted molar refractivity (Wildman–Crippen MR) is 81.4 cm³/mol. The molecule has 3 N–H and O–H groups in total. The van der Waals surface area contributed by atoms with Crippen molar-refractivity contribution in [2.45, 2.75) is 0 Å². The zero-order chi connectivity index (χ0) is 13.2. The van der Waals surface area contributed by atoms with E-state index in [1.807, 2.05) is 24.3 Å². The minimum atomic E-state index is 0.529. The number of nitrogens with one attached hydrogen (secondary N) is 1. The maximum atomic E-state index is 5.57. The minimum Gasteiger partial charge on any atom is -0.396 e. The van der Waals surface area contributed by atoms with Gasteiger partial charge >= 0.3 is 0 Å². The molecule has 5 heteroatoms. The number of nitrogens with zero attached hydrogens (tertiary/aromatic N) is 2. The molecule has 19 heavy (non-hydrogen) atoms. The number of halogens is 1. The number of rotatable bonds is 2. The molecule has 1 aromatic heterocycles. The molecule has 0 fully saturated rings. The Hall–Kier alpha value is -2.14. The number of fused-ring (bicyclic) bond motifs is 1. The van der Waals surface area contributed by atoms with E-state index in [4.69, 9.17) is 5.73 Å². The summed E-state index contributed by atoms with van der Waals surface area (Å²) in [4.78, 5) is 8.29. The Bertz CT molecular complexity index is 725. The number of aromatic nitrogens is 2. The molecule has 0 unspecified atom stereocenters. The molecule has 1 heterocycles. The second kappa shape index (κ2) is 4.85. The molecule has 0 saturated carbocycles. The average Bonchev–Trinajstić information content (AvgIpc) is 2.45. The topological polar surface area (TPSA) is 63.8 Å². The van der Waals surface area contributed by atoms with Crippen LogP contribution in [0.2, 0.25) is 0 Å². The van der Waals surface area contributed by atoms with Gasteiger partial charge in [-0.1, -0.05) is 40.2 Å². The van der Waals surface area contributed by atoms with Gasteiger partial charge in [0.1, 0.15) is 0 Å². The lowest BCUT2D eigenvalue weighted by Gasteiger charge is -2.09. The summed E-state index contributed by atoms with van der Waals surface area (Å²) in [5, 5.41) is 5.45. The Kier molecular flexibility index (Phi) is 3.05. The van der Waals surface area contributed by atoms with Gasteiger partial charge in [0, 0.05) is 15.5 Å². The Morgan fingerprint density at radius 3 is 2.37 bits per heavy atom. The van der Waals surface area contributed by atoms with Crippen molar-refractivity contribution in [1.82, 2.24) is 9.97 Å². The first-order valence-electron chi connectivity index (χ1n) is 5.76. The molecule has 94 valence electrons. The first-order valence-corrected chi connectivity index (χ1v) is 6.55. The van der Waals surface area contributed by atoms with Gasteiger partial charge in [-0.15, -0.1) is 0 Å². The van der Waals surface area contributed by atoms with Crippen LogP contribution in [0.25, 0.3) is 10.8 Å². The molecule has 0 spiro atoms. The zero-order valence-electron chi connectivity index (χ0n) is 9.97. The number of hydrogen-bond acceptors (Lipinski definition) is 4. The molecular formula is C14H11BrN4. The highest BCUT2D eigenvalue weighted by atomic mass is 79.9. The van der Waals surface area contributed by atoms with E-state index >= 15 is 0 Å². The average molecular weight is 315 g/mol. The largest absolute Gasteiger partial charge is 0.396 e. The lowest BCUT2D eigenvalue weighted by atomic mass is 10.1. The summed E-state index contributed by atoms with van der Waals surface area (Å²) < 4.78 is 1.06. The highest BCUT2D eigenvalue weighted by molar-refractivity contribution is 9.10. The maximum absolute atomic E-state index is 5.57. The SMILES string of the molecule is Nc1cnc(Nc2ccc(Br)c3ccccc23)nc1. The van der Waals surface area contributed by atoms with E-state index in [1.54, 1.807) is 12.4 Å². The zero-order valence-corrected chi connectivity index (χ0v) is 11.6. The summed E-state index contributed by atoms with van der Waals surface area (Å²) in [6.45, 7) is 0. The molecule has 3 aromatic rings. The second-order valence-electron chi connectivity index (χ2n) is 4.11. The molecule has 0 bridgehead atoms. The van der Waals surface area contributed by atoms with Gasteiger partial charge in [0.15, 0.2) is 0 Å². The lowest BCUT2D eigenvalue weighted by molar-refractivity contribution is 1.17. The number of benzene rings is 2. The van der Waals surface area contributed by atoms with Gasteiger partial charge in [-0.25, -0.2) is 9.97 Å². The third-order valence-electron chi connectivity index (χ3n) is 2.79. The second-order valence-corrected chi connectivity index (χ2v) is 4.96. The van der Waals surface area contributed by atoms with Crippen molar-refractivity contribution in [3.8, 4) is 0 Å². The Morgan fingerprint density at radius 2 is 1.63 bits per heavy atom. The summed E-state index contributed by atoms with van der Waals surface area (Å²) >= 11 is 3.55. The van der Waals surface area contributed by atoms with Crippen molar-refractivity contribution in [2.75, 3.05) is 11.1 Å². The molecule has 0 atom stereocenters. The first kappa shape index (κ1) is 11.9. The first-order chi connectivity index (χ1) is 9.24. The fourth-order valence-corrected chi connectivity index (χ4v) is 2.37. The highest BCUT2D eigenvalue weighted by Gasteiger charge is 2.05. The van der Waals surface area contributed by atoms with Crippen LogP contribution >= 0.6 is 15.9 Å². The van der Waals surface area contributed by atoms with Crippen LogP contribution in [0.4, 0.5) is 17.3 Å². The number of nitrogens with two attached hydrogens (primary N) is 1. The molecule has 0 amide bonds. The van der Waals surface area contributed by atoms with E-state index < -0.39 is 0 Å². The summed E-state index contributed by atoms with van der Waals surface area (Å²) in [6, 6.07) is 12.1. The highest BCUT2D eigenvalue weighted by Crippen LogP contribution is 2.30. The summed E-state index contributed by atoms with van der Waals surface area (Å²) in [6.07, 6.45) is 3.16. The van der Waals surface area contributed by atoms with Crippen LogP contribution in [0.3, 0.4) is 0 Å². The smallest absolute Gasteiger partial charge is 0.227 e. The van der Waals surface area contributed by atoms with Gasteiger partial charge in [-0.2, -0.15) is 0 Å². The summed E-state index contributed by atoms with van der Waals surface area (Å²) in [7, 11) is 0. The quantitative estimate of drug-likeness (QED) is 0.756. The van der Waals surface area contributed by atoms with E-state index in [2.05, 4.69) is 43.3 Å². The van der Waals surface area contributed by atoms with E-state index in [-0.39, 0.29) is 0 Å². The third-order valence-corrected chi connectivity index (χ3v) is 3.48. The van der Waals surface area contributed by atoms with Crippen LogP contribution in [0.5, 0.6) is 0 Å². The third kappa shape index (κ3) is 2.37. The normalized spacial score (nSPS) is 10.6. The van der Waals surface area contributed by atoms with Gasteiger partial charge in [-0.3, -0.25) is 0 Å². The van der Waals surface area contributed by atoms with Gasteiger partial charge < -0.3 is 11.1 Å². The van der Waals surface area contributed by atoms with E-state index in [0.717, 1.165) is 20.9 Å². The number of hydrogen-bond donors (Lipinski definition) is 2. The number of nitrogen functional groups attached to an aromatic ring is 1. The van der Waals surface area contributed by atoms with Crippen molar-refractivity contribution in [3.05, 3.63) is 53.3 Å². The molecule has 2 aromatic carbocycles. The van der Waals surface area contributed by atoms with E-state index in [0.29, 0.717) is 11.6 Å². The van der Waals surface area contributed by atoms with Crippen LogP contribution in [0, 0.1) is 0 Å². The van der Waals surface area contributed by atoms with Crippen LogP contribution in [-0.2, 0) is 0 Å². The predicted octanol–water partition coefficient (Wildman–Crippen LogP) is 3.72. The Balaban J connectivity index is 2.06. The maximum Gasteiger partial charge on any atom is 0.227 e. The van der Waals surface area contributed by atoms with E-state index in [1.165, 1.54) is 0 Å². The van der Waals surface area contributed by atoms with E-state index in [9.17, 15) is 0 Å². The van der Waals surface area contributed by atoms with Crippen molar-refractivity contribution in [2.24, 2.45) is 0 Å². The van der Waals surface area contributed by atoms with Crippen LogP contribution in [0.15, 0.2) is 53.3 Å².